The summed E-state index contributed by atoms with van der Waals surface area (Å²) in [5.41, 5.74) is -0.599. The van der Waals surface area contributed by atoms with Crippen LogP contribution in [0, 0.1) is 5.92 Å². The van der Waals surface area contributed by atoms with Gasteiger partial charge < -0.3 is 10.2 Å². The molecule has 1 spiro atoms. The summed E-state index contributed by atoms with van der Waals surface area (Å²) in [6, 6.07) is 0.0194. The monoisotopic (exact) mass is 294 g/mol. The maximum Gasteiger partial charge on any atom is 0.248 e. The summed E-state index contributed by atoms with van der Waals surface area (Å²) in [6.45, 7) is 7.21. The summed E-state index contributed by atoms with van der Waals surface area (Å²) in [4.78, 5) is 27.2. The third-order valence-corrected chi connectivity index (χ3v) is 4.95. The first-order valence-corrected chi connectivity index (χ1v) is 8.57. The third kappa shape index (κ3) is 3.78. The second-order valence-electron chi connectivity index (χ2n) is 7.28. The van der Waals surface area contributed by atoms with Crippen LogP contribution in [-0.4, -0.2) is 34.8 Å². The second-order valence-corrected chi connectivity index (χ2v) is 7.28. The van der Waals surface area contributed by atoms with Crippen LogP contribution in [-0.2, 0) is 9.59 Å². The van der Waals surface area contributed by atoms with Crippen molar-refractivity contribution in [3.05, 3.63) is 0 Å². The molecule has 1 aliphatic heterocycles. The van der Waals surface area contributed by atoms with Gasteiger partial charge in [0.1, 0.15) is 5.54 Å². The van der Waals surface area contributed by atoms with Gasteiger partial charge in [0.2, 0.25) is 11.8 Å². The Kier molecular flexibility index (Phi) is 5.28. The van der Waals surface area contributed by atoms with Crippen LogP contribution in [0.15, 0.2) is 0 Å². The summed E-state index contributed by atoms with van der Waals surface area (Å²) in [7, 11) is 0. The molecule has 21 heavy (non-hydrogen) atoms. The van der Waals surface area contributed by atoms with Gasteiger partial charge in [-0.05, 0) is 38.5 Å². The van der Waals surface area contributed by atoms with Crippen LogP contribution in [0.2, 0.25) is 0 Å². The highest BCUT2D eigenvalue weighted by Crippen LogP contribution is 2.33. The van der Waals surface area contributed by atoms with E-state index in [1.54, 1.807) is 0 Å². The Labute approximate surface area is 128 Å². The fourth-order valence-corrected chi connectivity index (χ4v) is 3.71. The molecule has 4 nitrogen and oxygen atoms in total. The molecule has 0 bridgehead atoms. The van der Waals surface area contributed by atoms with E-state index >= 15 is 0 Å². The molecule has 0 radical (unpaired) electrons. The van der Waals surface area contributed by atoms with Crippen molar-refractivity contribution in [2.24, 2.45) is 5.92 Å². The number of amides is 2. The molecule has 2 amide bonds. The molecule has 1 atom stereocenters. The van der Waals surface area contributed by atoms with E-state index in [4.69, 9.17) is 0 Å². The first-order chi connectivity index (χ1) is 9.94. The number of hydrogen-bond donors (Lipinski definition) is 1. The van der Waals surface area contributed by atoms with E-state index in [1.165, 1.54) is 6.42 Å². The Morgan fingerprint density at radius 2 is 1.90 bits per heavy atom. The van der Waals surface area contributed by atoms with Gasteiger partial charge >= 0.3 is 0 Å². The van der Waals surface area contributed by atoms with Crippen molar-refractivity contribution in [3.63, 3.8) is 0 Å². The van der Waals surface area contributed by atoms with Gasteiger partial charge in [0.05, 0.1) is 0 Å². The molecular weight excluding hydrogens is 264 g/mol. The molecule has 1 unspecified atom stereocenters. The number of rotatable bonds is 4. The Morgan fingerprint density at radius 3 is 2.52 bits per heavy atom. The molecule has 0 aromatic carbocycles. The summed E-state index contributed by atoms with van der Waals surface area (Å²) < 4.78 is 0. The van der Waals surface area contributed by atoms with E-state index in [1.807, 2.05) is 11.8 Å². The van der Waals surface area contributed by atoms with Crippen LogP contribution in [0.25, 0.3) is 0 Å². The summed E-state index contributed by atoms with van der Waals surface area (Å²) in [6.07, 6.45) is 7.47. The molecule has 2 fully saturated rings. The lowest BCUT2D eigenvalue weighted by molar-refractivity contribution is -0.141. The van der Waals surface area contributed by atoms with E-state index in [0.29, 0.717) is 12.3 Å². The van der Waals surface area contributed by atoms with Crippen LogP contribution < -0.4 is 5.32 Å². The second kappa shape index (κ2) is 6.80. The summed E-state index contributed by atoms with van der Waals surface area (Å²) in [5, 5.41) is 3.07. The van der Waals surface area contributed by atoms with Gasteiger partial charge in [-0.15, -0.1) is 0 Å². The van der Waals surface area contributed by atoms with E-state index in [9.17, 15) is 9.59 Å². The van der Waals surface area contributed by atoms with Crippen molar-refractivity contribution in [1.82, 2.24) is 10.2 Å². The summed E-state index contributed by atoms with van der Waals surface area (Å²) >= 11 is 0. The van der Waals surface area contributed by atoms with Gasteiger partial charge in [-0.3, -0.25) is 9.59 Å². The lowest BCUT2D eigenvalue weighted by Gasteiger charge is -2.39. The Morgan fingerprint density at radius 1 is 1.24 bits per heavy atom. The number of nitrogens with zero attached hydrogens (tertiary/aromatic N) is 1. The zero-order valence-corrected chi connectivity index (χ0v) is 13.8. The van der Waals surface area contributed by atoms with Crippen LogP contribution in [0.1, 0.15) is 72.1 Å². The molecule has 1 N–H and O–H groups in total. The molecule has 1 saturated heterocycles. The normalized spacial score (nSPS) is 26.1. The Balaban J connectivity index is 2.12. The maximum absolute atomic E-state index is 13.1. The number of nitrogens with one attached hydrogen (secondary N) is 1. The number of carbonyl (C=O) groups excluding carboxylic acids is 2. The van der Waals surface area contributed by atoms with Crippen molar-refractivity contribution >= 4 is 11.8 Å². The molecule has 0 aromatic rings. The minimum absolute atomic E-state index is 0.0194. The average Bonchev–Trinajstić information content (AvgIpc) is 2.50. The van der Waals surface area contributed by atoms with Crippen LogP contribution >= 0.6 is 0 Å². The molecule has 0 aromatic heterocycles. The number of hydrogen-bond acceptors (Lipinski definition) is 2. The SMILES string of the molecule is CC(C)CCCN1C(=O)C2(CCCCC2)NC(=O)CC1C. The highest BCUT2D eigenvalue weighted by atomic mass is 16.2. The molecule has 2 aliphatic rings. The van der Waals surface area contributed by atoms with E-state index < -0.39 is 5.54 Å². The van der Waals surface area contributed by atoms with Crippen molar-refractivity contribution in [1.29, 1.82) is 0 Å². The maximum atomic E-state index is 13.1. The highest BCUT2D eigenvalue weighted by molar-refractivity contribution is 5.94. The predicted octanol–water partition coefficient (Wildman–Crippen LogP) is 2.86. The molecule has 1 aliphatic carbocycles. The number of carbonyl (C=O) groups is 2. The van der Waals surface area contributed by atoms with Gasteiger partial charge in [-0.25, -0.2) is 0 Å². The summed E-state index contributed by atoms with van der Waals surface area (Å²) in [5.74, 6) is 0.874. The molecular formula is C17H30N2O2. The largest absolute Gasteiger partial charge is 0.342 e. The van der Waals surface area contributed by atoms with E-state index in [0.717, 1.165) is 45.1 Å². The van der Waals surface area contributed by atoms with Gasteiger partial charge in [-0.2, -0.15) is 0 Å². The predicted molar refractivity (Wildman–Crippen MR) is 83.8 cm³/mol. The quantitative estimate of drug-likeness (QED) is 0.866. The average molecular weight is 294 g/mol. The minimum atomic E-state index is -0.599. The molecule has 2 rings (SSSR count). The van der Waals surface area contributed by atoms with Crippen molar-refractivity contribution in [2.45, 2.75) is 83.7 Å². The van der Waals surface area contributed by atoms with Crippen molar-refractivity contribution in [2.75, 3.05) is 6.54 Å². The highest BCUT2D eigenvalue weighted by Gasteiger charge is 2.46. The van der Waals surface area contributed by atoms with Crippen LogP contribution in [0.5, 0.6) is 0 Å². The van der Waals surface area contributed by atoms with E-state index in [-0.39, 0.29) is 17.9 Å². The first kappa shape index (κ1) is 16.3. The Bertz CT molecular complexity index is 386. The lowest BCUT2D eigenvalue weighted by Crippen LogP contribution is -2.58. The smallest absolute Gasteiger partial charge is 0.248 e. The molecule has 4 heteroatoms. The van der Waals surface area contributed by atoms with Gasteiger partial charge in [0.25, 0.3) is 0 Å². The zero-order valence-electron chi connectivity index (χ0n) is 13.8. The van der Waals surface area contributed by atoms with Gasteiger partial charge in [-0.1, -0.05) is 33.1 Å². The minimum Gasteiger partial charge on any atom is -0.342 e. The molecule has 1 heterocycles. The topological polar surface area (TPSA) is 49.4 Å². The third-order valence-electron chi connectivity index (χ3n) is 4.95. The van der Waals surface area contributed by atoms with Crippen molar-refractivity contribution in [3.8, 4) is 0 Å². The Hall–Kier alpha value is -1.06. The molecule has 120 valence electrons. The first-order valence-electron chi connectivity index (χ1n) is 8.57. The zero-order chi connectivity index (χ0) is 15.5. The fourth-order valence-electron chi connectivity index (χ4n) is 3.71. The lowest BCUT2D eigenvalue weighted by atomic mass is 9.80. The standard InChI is InChI=1S/C17H30N2O2/c1-13(2)8-7-11-19-14(3)12-15(20)18-17(16(19)21)9-5-4-6-10-17/h13-14H,4-12H2,1-3H3,(H,18,20). The molecule has 1 saturated carbocycles. The van der Waals surface area contributed by atoms with Crippen LogP contribution in [0.3, 0.4) is 0 Å². The van der Waals surface area contributed by atoms with Crippen LogP contribution in [0.4, 0.5) is 0 Å². The van der Waals surface area contributed by atoms with E-state index in [2.05, 4.69) is 19.2 Å². The van der Waals surface area contributed by atoms with Gasteiger partial charge in [0, 0.05) is 19.0 Å². The van der Waals surface area contributed by atoms with Gasteiger partial charge in [0.15, 0.2) is 0 Å². The van der Waals surface area contributed by atoms with Crippen molar-refractivity contribution < 1.29 is 9.59 Å². The fraction of sp³-hybridized carbons (Fsp3) is 0.882.